The van der Waals surface area contributed by atoms with Crippen LogP contribution in [0.15, 0.2) is 30.3 Å². The molecular weight excluding hydrogens is 376 g/mol. The number of alkyl carbamates (subject to hydrolysis) is 1. The minimum absolute atomic E-state index is 0.143. The number of carbonyl (C=O) groups is 3. The number of carbonyl (C=O) groups excluding carboxylic acids is 2. The van der Waals surface area contributed by atoms with Gasteiger partial charge in [0, 0.05) is 0 Å². The maximum atomic E-state index is 12.6. The van der Waals surface area contributed by atoms with Gasteiger partial charge in [-0.05, 0) is 51.5 Å². The molecule has 1 fully saturated rings. The summed E-state index contributed by atoms with van der Waals surface area (Å²) in [5.74, 6) is -2.11. The number of hydrogen-bond donors (Lipinski definition) is 4. The fourth-order valence-electron chi connectivity index (χ4n) is 3.14. The fourth-order valence-corrected chi connectivity index (χ4v) is 3.14. The molecule has 0 aromatic heterocycles. The molecule has 1 aliphatic rings. The van der Waals surface area contributed by atoms with Crippen LogP contribution in [0.25, 0.3) is 0 Å². The molecule has 2 amide bonds. The molecule has 4 N–H and O–H groups in total. The summed E-state index contributed by atoms with van der Waals surface area (Å²) >= 11 is 0. The van der Waals surface area contributed by atoms with Gasteiger partial charge in [-0.1, -0.05) is 36.8 Å². The van der Waals surface area contributed by atoms with Crippen LogP contribution in [-0.2, 0) is 20.7 Å². The molecule has 0 spiro atoms. The Kier molecular flexibility index (Phi) is 7.61. The first-order chi connectivity index (χ1) is 13.6. The Hall–Kier alpha value is -2.61. The van der Waals surface area contributed by atoms with Crippen molar-refractivity contribution in [3.05, 3.63) is 35.9 Å². The number of rotatable bonds is 8. The second-order valence-electron chi connectivity index (χ2n) is 8.40. The number of ether oxygens (including phenoxy) is 1. The van der Waals surface area contributed by atoms with E-state index in [0.29, 0.717) is 0 Å². The monoisotopic (exact) mass is 406 g/mol. The predicted octanol–water partition coefficient (Wildman–Crippen LogP) is 1.85. The van der Waals surface area contributed by atoms with Crippen molar-refractivity contribution in [1.29, 1.82) is 0 Å². The first kappa shape index (κ1) is 22.7. The van der Waals surface area contributed by atoms with Crippen LogP contribution in [0.4, 0.5) is 4.79 Å². The minimum atomic E-state index is -1.63. The van der Waals surface area contributed by atoms with Gasteiger partial charge in [0.1, 0.15) is 11.6 Å². The minimum Gasteiger partial charge on any atom is -0.480 e. The number of carboxylic acids is 1. The van der Waals surface area contributed by atoms with Crippen molar-refractivity contribution in [3.8, 4) is 0 Å². The second-order valence-corrected chi connectivity index (χ2v) is 8.40. The number of amides is 2. The standard InChI is InChI=1S/C21H30N2O6/c1-21(2,3)29-20(28)22-15(12-13-8-5-4-6-9-13)17(24)18(25)23-16(19(26)27)14-10-7-11-14/h4-6,8-9,14-17,24H,7,10-12H2,1-3H3,(H,22,28)(H,23,25)(H,26,27)/t15-,16+,17+/m1/s1. The van der Waals surface area contributed by atoms with E-state index in [-0.39, 0.29) is 12.3 Å². The highest BCUT2D eigenvalue weighted by Gasteiger charge is 2.37. The molecule has 0 saturated heterocycles. The molecule has 160 valence electrons. The number of aliphatic hydroxyl groups excluding tert-OH is 1. The van der Waals surface area contributed by atoms with Gasteiger partial charge in [0.25, 0.3) is 5.91 Å². The molecule has 8 heteroatoms. The molecule has 0 aliphatic heterocycles. The molecule has 29 heavy (non-hydrogen) atoms. The Balaban J connectivity index is 2.11. The Morgan fingerprint density at radius 3 is 2.24 bits per heavy atom. The maximum Gasteiger partial charge on any atom is 0.407 e. The van der Waals surface area contributed by atoms with Gasteiger partial charge in [-0.2, -0.15) is 0 Å². The number of nitrogens with one attached hydrogen (secondary N) is 2. The van der Waals surface area contributed by atoms with Crippen molar-refractivity contribution in [3.63, 3.8) is 0 Å². The summed E-state index contributed by atoms with van der Waals surface area (Å²) < 4.78 is 5.23. The zero-order valence-corrected chi connectivity index (χ0v) is 17.1. The average Bonchev–Trinajstić information content (AvgIpc) is 2.57. The normalized spacial score (nSPS) is 17.4. The van der Waals surface area contributed by atoms with E-state index in [2.05, 4.69) is 10.6 Å². The zero-order chi connectivity index (χ0) is 21.6. The van der Waals surface area contributed by atoms with Gasteiger partial charge in [0.05, 0.1) is 6.04 Å². The van der Waals surface area contributed by atoms with E-state index in [1.54, 1.807) is 20.8 Å². The fraction of sp³-hybridized carbons (Fsp3) is 0.571. The average molecular weight is 406 g/mol. The van der Waals surface area contributed by atoms with Crippen LogP contribution in [0.1, 0.15) is 45.6 Å². The van der Waals surface area contributed by atoms with Crippen molar-refractivity contribution in [1.82, 2.24) is 10.6 Å². The summed E-state index contributed by atoms with van der Waals surface area (Å²) in [5.41, 5.74) is 0.0573. The molecule has 0 heterocycles. The van der Waals surface area contributed by atoms with E-state index in [1.165, 1.54) is 0 Å². The van der Waals surface area contributed by atoms with Gasteiger partial charge in [-0.15, -0.1) is 0 Å². The van der Waals surface area contributed by atoms with Crippen LogP contribution >= 0.6 is 0 Å². The third kappa shape index (κ3) is 7.05. The lowest BCUT2D eigenvalue weighted by Gasteiger charge is -2.33. The van der Waals surface area contributed by atoms with Crippen LogP contribution in [-0.4, -0.2) is 52.0 Å². The Morgan fingerprint density at radius 2 is 1.76 bits per heavy atom. The number of carboxylic acid groups (broad SMARTS) is 1. The summed E-state index contributed by atoms with van der Waals surface area (Å²) in [7, 11) is 0. The quantitative estimate of drug-likeness (QED) is 0.522. The number of benzene rings is 1. The highest BCUT2D eigenvalue weighted by atomic mass is 16.6. The second kappa shape index (κ2) is 9.73. The molecule has 8 nitrogen and oxygen atoms in total. The van der Waals surface area contributed by atoms with Crippen molar-refractivity contribution in [2.24, 2.45) is 5.92 Å². The molecule has 0 radical (unpaired) electrons. The van der Waals surface area contributed by atoms with Crippen LogP contribution < -0.4 is 10.6 Å². The third-order valence-corrected chi connectivity index (χ3v) is 4.84. The lowest BCUT2D eigenvalue weighted by Crippen LogP contribution is -2.57. The van der Waals surface area contributed by atoms with Crippen LogP contribution in [0.2, 0.25) is 0 Å². The smallest absolute Gasteiger partial charge is 0.407 e. The zero-order valence-electron chi connectivity index (χ0n) is 17.1. The predicted molar refractivity (Wildman–Crippen MR) is 106 cm³/mol. The molecule has 2 rings (SSSR count). The van der Waals surface area contributed by atoms with Gasteiger partial charge in [0.2, 0.25) is 0 Å². The molecular formula is C21H30N2O6. The van der Waals surface area contributed by atoms with Gasteiger partial charge < -0.3 is 25.6 Å². The highest BCUT2D eigenvalue weighted by Crippen LogP contribution is 2.29. The SMILES string of the molecule is CC(C)(C)OC(=O)N[C@H](Cc1ccccc1)[C@H](O)C(=O)N[C@H](C(=O)O)C1CCC1. The van der Waals surface area contributed by atoms with E-state index >= 15 is 0 Å². The lowest BCUT2D eigenvalue weighted by atomic mass is 9.79. The van der Waals surface area contributed by atoms with Crippen molar-refractivity contribution >= 4 is 18.0 Å². The Labute approximate surface area is 170 Å². The topological polar surface area (TPSA) is 125 Å². The van der Waals surface area contributed by atoms with E-state index in [4.69, 9.17) is 4.74 Å². The Morgan fingerprint density at radius 1 is 1.14 bits per heavy atom. The summed E-state index contributed by atoms with van der Waals surface area (Å²) in [4.78, 5) is 36.3. The first-order valence-corrected chi connectivity index (χ1v) is 9.81. The number of aliphatic hydroxyl groups is 1. The third-order valence-electron chi connectivity index (χ3n) is 4.84. The van der Waals surface area contributed by atoms with E-state index in [9.17, 15) is 24.6 Å². The Bertz CT molecular complexity index is 712. The molecule has 3 atom stereocenters. The van der Waals surface area contributed by atoms with Crippen LogP contribution in [0.3, 0.4) is 0 Å². The lowest BCUT2D eigenvalue weighted by molar-refractivity contribution is -0.146. The van der Waals surface area contributed by atoms with Gasteiger partial charge in [0.15, 0.2) is 6.10 Å². The van der Waals surface area contributed by atoms with Crippen molar-refractivity contribution < 1.29 is 29.3 Å². The first-order valence-electron chi connectivity index (χ1n) is 9.81. The largest absolute Gasteiger partial charge is 0.480 e. The van der Waals surface area contributed by atoms with Crippen molar-refractivity contribution in [2.75, 3.05) is 0 Å². The van der Waals surface area contributed by atoms with Gasteiger partial charge in [-0.25, -0.2) is 9.59 Å². The van der Waals surface area contributed by atoms with E-state index in [1.807, 2.05) is 30.3 Å². The maximum absolute atomic E-state index is 12.6. The summed E-state index contributed by atoms with van der Waals surface area (Å²) in [6, 6.07) is 7.03. The molecule has 1 aromatic rings. The van der Waals surface area contributed by atoms with E-state index < -0.39 is 41.8 Å². The summed E-state index contributed by atoms with van der Waals surface area (Å²) in [5, 5.41) is 25.0. The molecule has 0 unspecified atom stereocenters. The number of hydrogen-bond acceptors (Lipinski definition) is 5. The molecule has 1 aromatic carbocycles. The van der Waals surface area contributed by atoms with Crippen LogP contribution in [0.5, 0.6) is 0 Å². The molecule has 1 saturated carbocycles. The number of aliphatic carboxylic acids is 1. The molecule has 1 aliphatic carbocycles. The highest BCUT2D eigenvalue weighted by molar-refractivity contribution is 5.87. The summed E-state index contributed by atoms with van der Waals surface area (Å²) in [6.07, 6.45) is 0.136. The summed E-state index contributed by atoms with van der Waals surface area (Å²) in [6.45, 7) is 5.12. The van der Waals surface area contributed by atoms with Gasteiger partial charge >= 0.3 is 12.1 Å². The van der Waals surface area contributed by atoms with Crippen LogP contribution in [0, 0.1) is 5.92 Å². The van der Waals surface area contributed by atoms with Gasteiger partial charge in [-0.3, -0.25) is 4.79 Å². The van der Waals surface area contributed by atoms with E-state index in [0.717, 1.165) is 24.8 Å². The molecule has 0 bridgehead atoms. The van der Waals surface area contributed by atoms with Crippen molar-refractivity contribution in [2.45, 2.75) is 70.2 Å².